The number of rotatable bonds is 4. The predicted molar refractivity (Wildman–Crippen MR) is 87.7 cm³/mol. The average Bonchev–Trinajstić information content (AvgIpc) is 2.95. The van der Waals surface area contributed by atoms with E-state index in [1.807, 2.05) is 0 Å². The first-order valence-electron chi connectivity index (χ1n) is 7.56. The number of benzene rings is 2. The van der Waals surface area contributed by atoms with Crippen LogP contribution in [0.5, 0.6) is 0 Å². The Hall–Kier alpha value is -3.29. The maximum Gasteiger partial charge on any atom is 0.282 e. The van der Waals surface area contributed by atoms with Gasteiger partial charge in [0.15, 0.2) is 0 Å². The highest BCUT2D eigenvalue weighted by molar-refractivity contribution is 6.00. The lowest BCUT2D eigenvalue weighted by Gasteiger charge is -2.17. The maximum absolute atomic E-state index is 13.0. The molecule has 25 heavy (non-hydrogen) atoms. The molecule has 1 atom stereocenters. The monoisotopic (exact) mass is 343 g/mol. The number of hydrogen-bond acceptors (Lipinski definition) is 4. The number of nitrogens with zero attached hydrogens (tertiary/aromatic N) is 2. The average molecular weight is 343 g/mol. The predicted octanol–water partition coefficient (Wildman–Crippen LogP) is 2.27. The molecular weight excluding hydrogens is 329 g/mol. The van der Waals surface area contributed by atoms with Crippen molar-refractivity contribution in [2.24, 2.45) is 0 Å². The summed E-state index contributed by atoms with van der Waals surface area (Å²) in [4.78, 5) is 36.3. The van der Waals surface area contributed by atoms with E-state index in [1.165, 1.54) is 53.4 Å². The number of carbonyl (C=O) groups is 2. The van der Waals surface area contributed by atoms with E-state index >= 15 is 0 Å². The molecule has 2 aromatic carbocycles. The molecule has 1 unspecified atom stereocenters. The number of nitro benzene ring substituents is 1. The van der Waals surface area contributed by atoms with Gasteiger partial charge < -0.3 is 10.2 Å². The van der Waals surface area contributed by atoms with Gasteiger partial charge in [-0.3, -0.25) is 19.7 Å². The van der Waals surface area contributed by atoms with Crippen LogP contribution in [0.2, 0.25) is 0 Å². The number of amides is 2. The van der Waals surface area contributed by atoms with Crippen molar-refractivity contribution in [3.63, 3.8) is 0 Å². The zero-order valence-electron chi connectivity index (χ0n) is 13.0. The van der Waals surface area contributed by atoms with Crippen molar-refractivity contribution in [3.05, 3.63) is 70.0 Å². The van der Waals surface area contributed by atoms with E-state index in [2.05, 4.69) is 5.32 Å². The van der Waals surface area contributed by atoms with Crippen LogP contribution in [0.15, 0.2) is 48.5 Å². The fourth-order valence-corrected chi connectivity index (χ4v) is 2.76. The second-order valence-corrected chi connectivity index (χ2v) is 5.63. The Labute approximate surface area is 142 Å². The van der Waals surface area contributed by atoms with Gasteiger partial charge >= 0.3 is 0 Å². The lowest BCUT2D eigenvalue weighted by atomic mass is 10.1. The number of carbonyl (C=O) groups excluding carboxylic acids is 2. The number of anilines is 1. The Balaban J connectivity index is 1.72. The van der Waals surface area contributed by atoms with Gasteiger partial charge in [-0.05, 0) is 30.3 Å². The van der Waals surface area contributed by atoms with Crippen LogP contribution in [-0.2, 0) is 4.79 Å². The number of nitro groups is 1. The van der Waals surface area contributed by atoms with E-state index in [4.69, 9.17) is 0 Å². The molecular formula is C17H14FN3O4. The molecule has 1 aliphatic heterocycles. The number of hydrogen-bond donors (Lipinski definition) is 1. The van der Waals surface area contributed by atoms with Crippen LogP contribution in [0.4, 0.5) is 15.8 Å². The fourth-order valence-electron chi connectivity index (χ4n) is 2.76. The highest BCUT2D eigenvalue weighted by atomic mass is 19.1. The van der Waals surface area contributed by atoms with Gasteiger partial charge in [-0.25, -0.2) is 4.39 Å². The first-order valence-corrected chi connectivity index (χ1v) is 7.56. The van der Waals surface area contributed by atoms with Crippen LogP contribution in [0, 0.1) is 15.9 Å². The van der Waals surface area contributed by atoms with Crippen LogP contribution in [0.25, 0.3) is 0 Å². The number of nitrogens with one attached hydrogen (secondary N) is 1. The molecule has 1 N–H and O–H groups in total. The van der Waals surface area contributed by atoms with Gasteiger partial charge in [0.05, 0.1) is 11.0 Å². The first kappa shape index (κ1) is 16.6. The van der Waals surface area contributed by atoms with E-state index < -0.39 is 22.7 Å². The van der Waals surface area contributed by atoms with Gasteiger partial charge in [0.2, 0.25) is 5.91 Å². The molecule has 1 saturated heterocycles. The molecule has 0 radical (unpaired) electrons. The summed E-state index contributed by atoms with van der Waals surface area (Å²) in [5.41, 5.74) is 0.189. The summed E-state index contributed by atoms with van der Waals surface area (Å²) >= 11 is 0. The second-order valence-electron chi connectivity index (χ2n) is 5.63. The van der Waals surface area contributed by atoms with Crippen LogP contribution >= 0.6 is 0 Å². The minimum atomic E-state index is -0.625. The molecule has 8 heteroatoms. The van der Waals surface area contributed by atoms with Gasteiger partial charge in [0, 0.05) is 24.7 Å². The third kappa shape index (κ3) is 3.47. The largest absolute Gasteiger partial charge is 0.347 e. The standard InChI is InChI=1S/C17H14FN3O4/c18-11-5-7-13(8-6-11)20-10-12(9-16(20)22)19-17(23)14-3-1-2-4-15(14)21(24)25/h1-8,12H,9-10H2,(H,19,23). The van der Waals surface area contributed by atoms with Crippen molar-refractivity contribution >= 4 is 23.2 Å². The lowest BCUT2D eigenvalue weighted by Crippen LogP contribution is -2.37. The first-order chi connectivity index (χ1) is 12.0. The van der Waals surface area contributed by atoms with Crippen molar-refractivity contribution in [3.8, 4) is 0 Å². The van der Waals surface area contributed by atoms with Gasteiger partial charge in [0.1, 0.15) is 11.4 Å². The molecule has 7 nitrogen and oxygen atoms in total. The Bertz CT molecular complexity index is 838. The molecule has 0 spiro atoms. The van der Waals surface area contributed by atoms with Gasteiger partial charge in [-0.15, -0.1) is 0 Å². The summed E-state index contributed by atoms with van der Waals surface area (Å²) in [6.45, 7) is 0.219. The second kappa shape index (κ2) is 6.68. The Morgan fingerprint density at radius 2 is 1.88 bits per heavy atom. The SMILES string of the molecule is O=C(NC1CC(=O)N(c2ccc(F)cc2)C1)c1ccccc1[N+](=O)[O-]. The van der Waals surface area contributed by atoms with E-state index in [0.29, 0.717) is 5.69 Å². The Morgan fingerprint density at radius 3 is 2.56 bits per heavy atom. The number of para-hydroxylation sites is 1. The summed E-state index contributed by atoms with van der Waals surface area (Å²) in [7, 11) is 0. The molecule has 1 aliphatic rings. The Kier molecular flexibility index (Phi) is 4.42. The van der Waals surface area contributed by atoms with Crippen LogP contribution < -0.4 is 10.2 Å². The summed E-state index contributed by atoms with van der Waals surface area (Å²) in [5, 5.41) is 13.7. The lowest BCUT2D eigenvalue weighted by molar-refractivity contribution is -0.385. The van der Waals surface area contributed by atoms with E-state index in [-0.39, 0.29) is 30.1 Å². The van der Waals surface area contributed by atoms with Gasteiger partial charge in [-0.2, -0.15) is 0 Å². The van der Waals surface area contributed by atoms with E-state index in [0.717, 1.165) is 0 Å². The molecule has 3 rings (SSSR count). The molecule has 2 aromatic rings. The molecule has 0 aromatic heterocycles. The van der Waals surface area contributed by atoms with Crippen molar-refractivity contribution in [1.82, 2.24) is 5.32 Å². The van der Waals surface area contributed by atoms with Gasteiger partial charge in [0.25, 0.3) is 11.6 Å². The van der Waals surface area contributed by atoms with E-state index in [9.17, 15) is 24.1 Å². The number of halogens is 1. The van der Waals surface area contributed by atoms with Crippen molar-refractivity contribution < 1.29 is 18.9 Å². The van der Waals surface area contributed by atoms with Crippen molar-refractivity contribution in [2.45, 2.75) is 12.5 Å². The smallest absolute Gasteiger partial charge is 0.282 e. The minimum Gasteiger partial charge on any atom is -0.347 e. The third-order valence-electron chi connectivity index (χ3n) is 3.94. The summed E-state index contributed by atoms with van der Waals surface area (Å²) < 4.78 is 13.0. The van der Waals surface area contributed by atoms with Gasteiger partial charge in [-0.1, -0.05) is 12.1 Å². The maximum atomic E-state index is 13.0. The molecule has 0 aliphatic carbocycles. The summed E-state index contributed by atoms with van der Waals surface area (Å²) in [6.07, 6.45) is 0.0732. The van der Waals surface area contributed by atoms with Crippen molar-refractivity contribution in [2.75, 3.05) is 11.4 Å². The molecule has 2 amide bonds. The molecule has 0 bridgehead atoms. The fraction of sp³-hybridized carbons (Fsp3) is 0.176. The highest BCUT2D eigenvalue weighted by Crippen LogP contribution is 2.23. The zero-order chi connectivity index (χ0) is 18.0. The molecule has 0 saturated carbocycles. The topological polar surface area (TPSA) is 92.6 Å². The quantitative estimate of drug-likeness (QED) is 0.681. The summed E-state index contributed by atoms with van der Waals surface area (Å²) in [5.74, 6) is -1.22. The zero-order valence-corrected chi connectivity index (χ0v) is 13.0. The molecule has 1 heterocycles. The third-order valence-corrected chi connectivity index (χ3v) is 3.94. The molecule has 1 fully saturated rings. The van der Waals surface area contributed by atoms with Crippen LogP contribution in [0.1, 0.15) is 16.8 Å². The molecule has 128 valence electrons. The van der Waals surface area contributed by atoms with Crippen molar-refractivity contribution in [1.29, 1.82) is 0 Å². The highest BCUT2D eigenvalue weighted by Gasteiger charge is 2.32. The summed E-state index contributed by atoms with van der Waals surface area (Å²) in [6, 6.07) is 10.6. The normalized spacial score (nSPS) is 16.8. The van der Waals surface area contributed by atoms with Crippen LogP contribution in [-0.4, -0.2) is 29.3 Å². The van der Waals surface area contributed by atoms with E-state index in [1.54, 1.807) is 0 Å². The van der Waals surface area contributed by atoms with Crippen LogP contribution in [0.3, 0.4) is 0 Å². The minimum absolute atomic E-state index is 0.0554. The Morgan fingerprint density at radius 1 is 1.20 bits per heavy atom.